The summed E-state index contributed by atoms with van der Waals surface area (Å²) in [7, 11) is 0. The van der Waals surface area contributed by atoms with E-state index in [1.165, 1.54) is 0 Å². The third-order valence-corrected chi connectivity index (χ3v) is 6.32. The SMILES string of the molecule is O=C(C1CCC(Nc2nc(-c3ccccc3)no2)CC1)N1CCC(c2ccn[nH]2)C1. The van der Waals surface area contributed by atoms with Gasteiger partial charge in [0, 0.05) is 48.4 Å². The molecule has 30 heavy (non-hydrogen) atoms. The molecule has 0 radical (unpaired) electrons. The van der Waals surface area contributed by atoms with Crippen molar-refractivity contribution >= 4 is 11.9 Å². The number of anilines is 1. The molecule has 1 aliphatic carbocycles. The molecule has 0 bridgehead atoms. The number of rotatable bonds is 5. The summed E-state index contributed by atoms with van der Waals surface area (Å²) in [5.74, 6) is 1.39. The molecule has 2 aliphatic rings. The highest BCUT2D eigenvalue weighted by Crippen LogP contribution is 2.32. The van der Waals surface area contributed by atoms with Crippen LogP contribution in [0.1, 0.15) is 43.7 Å². The minimum Gasteiger partial charge on any atom is -0.342 e. The van der Waals surface area contributed by atoms with Crippen LogP contribution in [0.25, 0.3) is 11.4 Å². The summed E-state index contributed by atoms with van der Waals surface area (Å²) in [5.41, 5.74) is 2.07. The van der Waals surface area contributed by atoms with Crippen LogP contribution in [0.2, 0.25) is 0 Å². The number of amides is 1. The van der Waals surface area contributed by atoms with E-state index < -0.39 is 0 Å². The Bertz CT molecular complexity index is 963. The van der Waals surface area contributed by atoms with E-state index in [1.54, 1.807) is 6.20 Å². The molecule has 3 aromatic rings. The number of nitrogens with one attached hydrogen (secondary N) is 2. The molecule has 2 N–H and O–H groups in total. The third-order valence-electron chi connectivity index (χ3n) is 6.32. The fraction of sp³-hybridized carbons (Fsp3) is 0.455. The van der Waals surface area contributed by atoms with E-state index >= 15 is 0 Å². The van der Waals surface area contributed by atoms with E-state index in [9.17, 15) is 4.79 Å². The van der Waals surface area contributed by atoms with Crippen molar-refractivity contribution in [3.63, 3.8) is 0 Å². The fourth-order valence-corrected chi connectivity index (χ4v) is 4.61. The number of likely N-dealkylation sites (tertiary alicyclic amines) is 1. The van der Waals surface area contributed by atoms with Crippen molar-refractivity contribution in [2.24, 2.45) is 5.92 Å². The maximum Gasteiger partial charge on any atom is 0.322 e. The Labute approximate surface area is 175 Å². The summed E-state index contributed by atoms with van der Waals surface area (Å²) in [6, 6.07) is 12.5. The van der Waals surface area contributed by atoms with Crippen molar-refractivity contribution in [2.75, 3.05) is 18.4 Å². The lowest BCUT2D eigenvalue weighted by Gasteiger charge is -2.30. The predicted molar refractivity (Wildman–Crippen MR) is 112 cm³/mol. The number of aromatic amines is 1. The predicted octanol–water partition coefficient (Wildman–Crippen LogP) is 3.45. The van der Waals surface area contributed by atoms with Gasteiger partial charge in [0.25, 0.3) is 0 Å². The van der Waals surface area contributed by atoms with E-state index in [0.717, 1.165) is 56.5 Å². The van der Waals surface area contributed by atoms with Crippen LogP contribution in [0.5, 0.6) is 0 Å². The van der Waals surface area contributed by atoms with Crippen LogP contribution in [-0.4, -0.2) is 50.3 Å². The maximum absolute atomic E-state index is 13.0. The van der Waals surface area contributed by atoms with Crippen LogP contribution in [0.4, 0.5) is 6.01 Å². The minimum absolute atomic E-state index is 0.117. The molecule has 1 saturated heterocycles. The number of hydrogen-bond acceptors (Lipinski definition) is 6. The highest BCUT2D eigenvalue weighted by Gasteiger charge is 2.34. The van der Waals surface area contributed by atoms with E-state index in [-0.39, 0.29) is 12.0 Å². The molecule has 2 fully saturated rings. The summed E-state index contributed by atoms with van der Waals surface area (Å²) in [6.07, 6.45) is 6.42. The van der Waals surface area contributed by atoms with Crippen molar-refractivity contribution in [2.45, 2.75) is 44.1 Å². The Hall–Kier alpha value is -3.16. The average Bonchev–Trinajstić information content (AvgIpc) is 3.55. The topological polar surface area (TPSA) is 99.9 Å². The monoisotopic (exact) mass is 406 g/mol. The van der Waals surface area contributed by atoms with Crippen LogP contribution >= 0.6 is 0 Å². The van der Waals surface area contributed by atoms with Gasteiger partial charge in [-0.15, -0.1) is 0 Å². The van der Waals surface area contributed by atoms with Gasteiger partial charge in [-0.05, 0) is 38.2 Å². The van der Waals surface area contributed by atoms with Gasteiger partial charge in [-0.1, -0.05) is 35.5 Å². The van der Waals surface area contributed by atoms with Crippen LogP contribution in [0.15, 0.2) is 47.1 Å². The quantitative estimate of drug-likeness (QED) is 0.673. The lowest BCUT2D eigenvalue weighted by Crippen LogP contribution is -2.38. The second-order valence-electron chi connectivity index (χ2n) is 8.26. The number of aromatic nitrogens is 4. The van der Waals surface area contributed by atoms with Crippen molar-refractivity contribution in [1.29, 1.82) is 0 Å². The minimum atomic E-state index is 0.117. The summed E-state index contributed by atoms with van der Waals surface area (Å²) >= 11 is 0. The normalized spacial score (nSPS) is 24.1. The molecule has 3 heterocycles. The second kappa shape index (κ2) is 8.30. The van der Waals surface area contributed by atoms with E-state index in [4.69, 9.17) is 4.52 Å². The Morgan fingerprint density at radius 3 is 2.70 bits per heavy atom. The zero-order valence-electron chi connectivity index (χ0n) is 16.8. The first-order chi connectivity index (χ1) is 14.8. The molecule has 8 nitrogen and oxygen atoms in total. The van der Waals surface area contributed by atoms with E-state index in [1.807, 2.05) is 41.3 Å². The first-order valence-electron chi connectivity index (χ1n) is 10.7. The molecular weight excluding hydrogens is 380 g/mol. The Kier molecular flexibility index (Phi) is 5.21. The Morgan fingerprint density at radius 1 is 1.10 bits per heavy atom. The smallest absolute Gasteiger partial charge is 0.322 e. The molecule has 1 amide bonds. The molecule has 1 atom stereocenters. The molecule has 1 saturated carbocycles. The first kappa shape index (κ1) is 18.8. The average molecular weight is 406 g/mol. The lowest BCUT2D eigenvalue weighted by molar-refractivity contribution is -0.135. The largest absolute Gasteiger partial charge is 0.342 e. The lowest BCUT2D eigenvalue weighted by atomic mass is 9.85. The summed E-state index contributed by atoms with van der Waals surface area (Å²) < 4.78 is 5.37. The molecule has 2 aromatic heterocycles. The summed E-state index contributed by atoms with van der Waals surface area (Å²) in [4.78, 5) is 19.5. The van der Waals surface area contributed by atoms with Gasteiger partial charge in [-0.25, -0.2) is 0 Å². The van der Waals surface area contributed by atoms with Gasteiger partial charge < -0.3 is 14.7 Å². The zero-order chi connectivity index (χ0) is 20.3. The van der Waals surface area contributed by atoms with Crippen LogP contribution < -0.4 is 5.32 Å². The number of benzene rings is 1. The molecular formula is C22H26N6O2. The van der Waals surface area contributed by atoms with Crippen molar-refractivity contribution in [3.05, 3.63) is 48.3 Å². The van der Waals surface area contributed by atoms with Gasteiger partial charge in [0.2, 0.25) is 11.7 Å². The Morgan fingerprint density at radius 2 is 1.93 bits per heavy atom. The van der Waals surface area contributed by atoms with E-state index in [0.29, 0.717) is 23.7 Å². The zero-order valence-corrected chi connectivity index (χ0v) is 16.8. The summed E-state index contributed by atoms with van der Waals surface area (Å²) in [5, 5.41) is 14.5. The van der Waals surface area contributed by atoms with Crippen molar-refractivity contribution < 1.29 is 9.32 Å². The molecule has 1 aromatic carbocycles. The molecule has 1 aliphatic heterocycles. The van der Waals surface area contributed by atoms with Gasteiger partial charge in [0.1, 0.15) is 0 Å². The number of carbonyl (C=O) groups is 1. The van der Waals surface area contributed by atoms with Gasteiger partial charge in [0.15, 0.2) is 0 Å². The second-order valence-corrected chi connectivity index (χ2v) is 8.26. The van der Waals surface area contributed by atoms with Gasteiger partial charge in [0.05, 0.1) is 0 Å². The number of hydrogen-bond donors (Lipinski definition) is 2. The van der Waals surface area contributed by atoms with E-state index in [2.05, 4.69) is 25.7 Å². The maximum atomic E-state index is 13.0. The standard InChI is InChI=1S/C22H26N6O2/c29-21(28-13-11-17(14-28)19-10-12-23-26-19)16-6-8-18(9-7-16)24-22-25-20(27-30-22)15-4-2-1-3-5-15/h1-5,10,12,16-18H,6-9,11,13-14H2,(H,23,26)(H,24,25,27). The molecule has 1 unspecified atom stereocenters. The van der Waals surface area contributed by atoms with Gasteiger partial charge in [-0.3, -0.25) is 9.89 Å². The van der Waals surface area contributed by atoms with Crippen LogP contribution in [0, 0.1) is 5.92 Å². The van der Waals surface area contributed by atoms with Crippen molar-refractivity contribution in [3.8, 4) is 11.4 Å². The van der Waals surface area contributed by atoms with Crippen LogP contribution in [-0.2, 0) is 4.79 Å². The number of H-pyrrole nitrogens is 1. The molecule has 5 rings (SSSR count). The number of carbonyl (C=O) groups excluding carboxylic acids is 1. The summed E-state index contributed by atoms with van der Waals surface area (Å²) in [6.45, 7) is 1.63. The van der Waals surface area contributed by atoms with Crippen LogP contribution in [0.3, 0.4) is 0 Å². The molecule has 8 heteroatoms. The molecule has 0 spiro atoms. The fourth-order valence-electron chi connectivity index (χ4n) is 4.61. The van der Waals surface area contributed by atoms with Gasteiger partial charge >= 0.3 is 6.01 Å². The Balaban J connectivity index is 1.12. The highest BCUT2D eigenvalue weighted by molar-refractivity contribution is 5.79. The third kappa shape index (κ3) is 3.94. The highest BCUT2D eigenvalue weighted by atomic mass is 16.5. The van der Waals surface area contributed by atoms with Gasteiger partial charge in [-0.2, -0.15) is 10.1 Å². The van der Waals surface area contributed by atoms with Crippen molar-refractivity contribution in [1.82, 2.24) is 25.2 Å². The molecule has 156 valence electrons. The number of nitrogens with zero attached hydrogens (tertiary/aromatic N) is 4. The first-order valence-corrected chi connectivity index (χ1v) is 10.7.